The molecule has 3 unspecified atom stereocenters. The van der Waals surface area contributed by atoms with Crippen molar-refractivity contribution < 1.29 is 0 Å². The van der Waals surface area contributed by atoms with Crippen LogP contribution in [0, 0.1) is 11.8 Å². The maximum atomic E-state index is 5.73. The van der Waals surface area contributed by atoms with Gasteiger partial charge in [0.15, 0.2) is 5.82 Å². The number of hydrogen-bond donors (Lipinski definition) is 1. The van der Waals surface area contributed by atoms with Gasteiger partial charge < -0.3 is 5.73 Å². The van der Waals surface area contributed by atoms with Gasteiger partial charge in [-0.15, -0.1) is 0 Å². The first-order chi connectivity index (χ1) is 6.74. The van der Waals surface area contributed by atoms with Crippen LogP contribution >= 0.6 is 15.9 Å². The molecule has 3 rings (SSSR count). The lowest BCUT2D eigenvalue weighted by Gasteiger charge is -2.21. The molecule has 4 heteroatoms. The van der Waals surface area contributed by atoms with E-state index in [9.17, 15) is 0 Å². The third-order valence-corrected chi connectivity index (χ3v) is 4.37. The zero-order chi connectivity index (χ0) is 9.71. The predicted molar refractivity (Wildman–Crippen MR) is 58.8 cm³/mol. The fraction of sp³-hybridized carbons (Fsp3) is 0.700. The van der Waals surface area contributed by atoms with Crippen LogP contribution in [0.2, 0.25) is 0 Å². The molecule has 2 saturated carbocycles. The maximum absolute atomic E-state index is 5.73. The van der Waals surface area contributed by atoms with E-state index in [1.807, 2.05) is 6.20 Å². The molecule has 3 atom stereocenters. The van der Waals surface area contributed by atoms with E-state index < -0.39 is 0 Å². The van der Waals surface area contributed by atoms with Crippen molar-refractivity contribution in [3.63, 3.8) is 0 Å². The fourth-order valence-corrected chi connectivity index (χ4v) is 3.38. The molecule has 1 aromatic rings. The normalized spacial score (nSPS) is 35.4. The summed E-state index contributed by atoms with van der Waals surface area (Å²) in [5.74, 6) is 2.42. The Labute approximate surface area is 91.8 Å². The van der Waals surface area contributed by atoms with E-state index in [0.29, 0.717) is 11.9 Å². The van der Waals surface area contributed by atoms with E-state index in [1.54, 1.807) is 0 Å². The molecule has 0 amide bonds. The van der Waals surface area contributed by atoms with Crippen LogP contribution in [-0.2, 0) is 0 Å². The molecule has 0 aliphatic heterocycles. The highest BCUT2D eigenvalue weighted by molar-refractivity contribution is 9.10. The molecule has 0 saturated heterocycles. The number of halogens is 1. The van der Waals surface area contributed by atoms with Gasteiger partial charge in [0.25, 0.3) is 0 Å². The van der Waals surface area contributed by atoms with Gasteiger partial charge in [0, 0.05) is 6.20 Å². The summed E-state index contributed by atoms with van der Waals surface area (Å²) in [6.07, 6.45) is 7.55. The molecule has 2 fully saturated rings. The minimum atomic E-state index is 0.613. The topological polar surface area (TPSA) is 43.8 Å². The Hall–Kier alpha value is -0.510. The summed E-state index contributed by atoms with van der Waals surface area (Å²) in [6.45, 7) is 0. The molecule has 2 aliphatic carbocycles. The predicted octanol–water partition coefficient (Wildman–Crippen LogP) is 2.59. The van der Waals surface area contributed by atoms with Gasteiger partial charge in [-0.25, -0.2) is 0 Å². The second kappa shape index (κ2) is 2.99. The third kappa shape index (κ3) is 1.20. The minimum absolute atomic E-state index is 0.613. The van der Waals surface area contributed by atoms with E-state index in [4.69, 9.17) is 5.73 Å². The lowest BCUT2D eigenvalue weighted by Crippen LogP contribution is -2.16. The van der Waals surface area contributed by atoms with Gasteiger partial charge >= 0.3 is 0 Å². The standard InChI is InChI=1S/C10H14BrN3/c11-8-5-14(13-10(8)12)9-4-6-1-2-7(9)3-6/h5-7,9H,1-4H2,(H2,12,13). The largest absolute Gasteiger partial charge is 0.381 e. The number of nitrogen functional groups attached to an aromatic ring is 1. The van der Waals surface area contributed by atoms with Gasteiger partial charge in [-0.1, -0.05) is 6.42 Å². The molecule has 14 heavy (non-hydrogen) atoms. The van der Waals surface area contributed by atoms with Gasteiger partial charge in [0.1, 0.15) is 0 Å². The number of nitrogens with zero attached hydrogens (tertiary/aromatic N) is 2. The Morgan fingerprint density at radius 1 is 1.43 bits per heavy atom. The SMILES string of the molecule is Nc1nn(C2CC3CCC2C3)cc1Br. The number of nitrogens with two attached hydrogens (primary N) is 1. The van der Waals surface area contributed by atoms with Gasteiger partial charge in [-0.3, -0.25) is 4.68 Å². The van der Waals surface area contributed by atoms with E-state index in [0.717, 1.165) is 16.3 Å². The summed E-state index contributed by atoms with van der Waals surface area (Å²) in [5.41, 5.74) is 5.73. The lowest BCUT2D eigenvalue weighted by molar-refractivity contribution is 0.307. The van der Waals surface area contributed by atoms with Crippen molar-refractivity contribution in [2.45, 2.75) is 31.7 Å². The third-order valence-electron chi connectivity index (χ3n) is 3.75. The highest BCUT2D eigenvalue weighted by Crippen LogP contribution is 2.50. The Morgan fingerprint density at radius 2 is 2.29 bits per heavy atom. The number of anilines is 1. The molecule has 1 aromatic heterocycles. The van der Waals surface area contributed by atoms with Crippen LogP contribution < -0.4 is 5.73 Å². The van der Waals surface area contributed by atoms with Crippen LogP contribution in [-0.4, -0.2) is 9.78 Å². The van der Waals surface area contributed by atoms with Crippen LogP contribution in [0.5, 0.6) is 0 Å². The monoisotopic (exact) mass is 255 g/mol. The number of fused-ring (bicyclic) bond motifs is 2. The summed E-state index contributed by atoms with van der Waals surface area (Å²) in [5, 5.41) is 4.36. The van der Waals surface area contributed by atoms with E-state index in [-0.39, 0.29) is 0 Å². The first kappa shape index (κ1) is 8.77. The summed E-state index contributed by atoms with van der Waals surface area (Å²) in [4.78, 5) is 0. The molecule has 76 valence electrons. The molecular formula is C10H14BrN3. The van der Waals surface area contributed by atoms with Crippen molar-refractivity contribution >= 4 is 21.7 Å². The summed E-state index contributed by atoms with van der Waals surface area (Å²) >= 11 is 3.41. The molecule has 0 aromatic carbocycles. The molecular weight excluding hydrogens is 242 g/mol. The first-order valence-corrected chi connectivity index (χ1v) is 6.03. The Balaban J connectivity index is 1.89. The smallest absolute Gasteiger partial charge is 0.159 e. The van der Waals surface area contributed by atoms with Crippen molar-refractivity contribution in [3.8, 4) is 0 Å². The Bertz CT molecular complexity index is 341. The Morgan fingerprint density at radius 3 is 2.79 bits per heavy atom. The van der Waals surface area contributed by atoms with E-state index >= 15 is 0 Å². The second-order valence-electron chi connectivity index (χ2n) is 4.58. The van der Waals surface area contributed by atoms with Crippen LogP contribution in [0.1, 0.15) is 31.7 Å². The van der Waals surface area contributed by atoms with Crippen molar-refractivity contribution in [1.82, 2.24) is 9.78 Å². The van der Waals surface area contributed by atoms with Crippen LogP contribution in [0.25, 0.3) is 0 Å². The summed E-state index contributed by atoms with van der Waals surface area (Å²) < 4.78 is 3.00. The zero-order valence-corrected chi connectivity index (χ0v) is 9.57. The molecule has 1 heterocycles. The minimum Gasteiger partial charge on any atom is -0.381 e. The van der Waals surface area contributed by atoms with Crippen molar-refractivity contribution in [1.29, 1.82) is 0 Å². The summed E-state index contributed by atoms with van der Waals surface area (Å²) in [6, 6.07) is 0.613. The zero-order valence-electron chi connectivity index (χ0n) is 7.99. The highest BCUT2D eigenvalue weighted by Gasteiger charge is 2.40. The number of aromatic nitrogens is 2. The highest BCUT2D eigenvalue weighted by atomic mass is 79.9. The number of rotatable bonds is 1. The lowest BCUT2D eigenvalue weighted by atomic mass is 9.96. The van der Waals surface area contributed by atoms with Crippen LogP contribution in [0.4, 0.5) is 5.82 Å². The van der Waals surface area contributed by atoms with E-state index in [2.05, 4.69) is 25.7 Å². The molecule has 2 N–H and O–H groups in total. The summed E-state index contributed by atoms with van der Waals surface area (Å²) in [7, 11) is 0. The maximum Gasteiger partial charge on any atom is 0.159 e. The van der Waals surface area contributed by atoms with Gasteiger partial charge in [0.2, 0.25) is 0 Å². The molecule has 0 radical (unpaired) electrons. The Kier molecular flexibility index (Phi) is 1.87. The van der Waals surface area contributed by atoms with Crippen LogP contribution in [0.3, 0.4) is 0 Å². The van der Waals surface area contributed by atoms with Crippen molar-refractivity contribution in [2.75, 3.05) is 5.73 Å². The molecule has 2 aliphatic rings. The van der Waals surface area contributed by atoms with Gasteiger partial charge in [0.05, 0.1) is 10.5 Å². The van der Waals surface area contributed by atoms with Crippen molar-refractivity contribution in [3.05, 3.63) is 10.7 Å². The van der Waals surface area contributed by atoms with Crippen LogP contribution in [0.15, 0.2) is 10.7 Å². The molecule has 3 nitrogen and oxygen atoms in total. The van der Waals surface area contributed by atoms with Gasteiger partial charge in [-0.2, -0.15) is 5.10 Å². The van der Waals surface area contributed by atoms with Crippen molar-refractivity contribution in [2.24, 2.45) is 11.8 Å². The molecule has 0 spiro atoms. The fourth-order valence-electron chi connectivity index (χ4n) is 3.09. The quantitative estimate of drug-likeness (QED) is 0.839. The molecule has 2 bridgehead atoms. The van der Waals surface area contributed by atoms with Gasteiger partial charge in [-0.05, 0) is 47.0 Å². The van der Waals surface area contributed by atoms with E-state index in [1.165, 1.54) is 25.7 Å². The average Bonchev–Trinajstić information content (AvgIpc) is 2.82. The second-order valence-corrected chi connectivity index (χ2v) is 5.44. The average molecular weight is 256 g/mol. The first-order valence-electron chi connectivity index (χ1n) is 5.24. The number of hydrogen-bond acceptors (Lipinski definition) is 2.